The number of nitrogens with zero attached hydrogens (tertiary/aromatic N) is 1. The minimum atomic E-state index is 0. The Labute approximate surface area is 134 Å². The number of halogens is 1. The molecule has 1 heterocycles. The molecule has 1 aromatic carbocycles. The number of likely N-dealkylation sites (tertiary alicyclic amines) is 1. The molecule has 0 bridgehead atoms. The molecule has 1 atom stereocenters. The first kappa shape index (κ1) is 18.1. The van der Waals surface area contributed by atoms with Gasteiger partial charge in [-0.05, 0) is 56.6 Å². The van der Waals surface area contributed by atoms with Crippen LogP contribution in [0.5, 0.6) is 11.5 Å². The van der Waals surface area contributed by atoms with Crippen molar-refractivity contribution in [3.05, 3.63) is 23.3 Å². The molecule has 1 aliphatic heterocycles. The van der Waals surface area contributed by atoms with E-state index in [1.165, 1.54) is 30.5 Å². The number of methoxy groups -OCH3 is 2. The van der Waals surface area contributed by atoms with Crippen molar-refractivity contribution in [3.63, 3.8) is 0 Å². The van der Waals surface area contributed by atoms with Gasteiger partial charge in [-0.25, -0.2) is 0 Å². The van der Waals surface area contributed by atoms with Gasteiger partial charge < -0.3 is 14.8 Å². The number of piperidine rings is 1. The second kappa shape index (κ2) is 8.47. The Morgan fingerprint density at radius 2 is 1.90 bits per heavy atom. The third-order valence-corrected chi connectivity index (χ3v) is 4.15. The maximum Gasteiger partial charge on any atom is 0.161 e. The van der Waals surface area contributed by atoms with Crippen molar-refractivity contribution in [2.24, 2.45) is 0 Å². The quantitative estimate of drug-likeness (QED) is 0.906. The largest absolute Gasteiger partial charge is 0.493 e. The summed E-state index contributed by atoms with van der Waals surface area (Å²) in [6.45, 7) is 5.40. The Morgan fingerprint density at radius 3 is 2.52 bits per heavy atom. The van der Waals surface area contributed by atoms with Crippen LogP contribution in [-0.4, -0.2) is 45.3 Å². The highest BCUT2D eigenvalue weighted by Crippen LogP contribution is 2.31. The second-order valence-corrected chi connectivity index (χ2v) is 5.50. The first-order valence-electron chi connectivity index (χ1n) is 7.29. The van der Waals surface area contributed by atoms with Gasteiger partial charge in [-0.1, -0.05) is 0 Å². The first-order chi connectivity index (χ1) is 9.67. The van der Waals surface area contributed by atoms with Gasteiger partial charge in [0.2, 0.25) is 0 Å². The van der Waals surface area contributed by atoms with E-state index in [-0.39, 0.29) is 12.4 Å². The first-order valence-corrected chi connectivity index (χ1v) is 7.29. The summed E-state index contributed by atoms with van der Waals surface area (Å²) in [5.74, 6) is 1.62. The molecule has 5 heteroatoms. The van der Waals surface area contributed by atoms with Crippen molar-refractivity contribution in [3.8, 4) is 11.5 Å². The molecule has 1 aromatic rings. The molecule has 0 aromatic heterocycles. The van der Waals surface area contributed by atoms with Crippen LogP contribution in [0.2, 0.25) is 0 Å². The number of rotatable bonds is 5. The lowest BCUT2D eigenvalue weighted by molar-refractivity contribution is 0.187. The lowest BCUT2D eigenvalue weighted by Crippen LogP contribution is -2.43. The fraction of sp³-hybridized carbons (Fsp3) is 0.625. The fourth-order valence-corrected chi connectivity index (χ4v) is 2.87. The van der Waals surface area contributed by atoms with Crippen LogP contribution in [0.15, 0.2) is 12.1 Å². The molecule has 1 unspecified atom stereocenters. The van der Waals surface area contributed by atoms with Crippen LogP contribution in [-0.2, 0) is 6.54 Å². The zero-order valence-corrected chi connectivity index (χ0v) is 14.3. The Morgan fingerprint density at radius 1 is 1.24 bits per heavy atom. The van der Waals surface area contributed by atoms with Gasteiger partial charge in [0, 0.05) is 19.1 Å². The standard InChI is InChI=1S/C16H26N2O2.ClH/c1-12-8-15(19-3)16(20-4)9-13(12)10-18-7-5-6-14(11-18)17-2;/h8-9,14,17H,5-7,10-11H2,1-4H3;1H. The van der Waals surface area contributed by atoms with Gasteiger partial charge in [0.05, 0.1) is 14.2 Å². The fourth-order valence-electron chi connectivity index (χ4n) is 2.87. The number of aryl methyl sites for hydroxylation is 1. The Bertz CT molecular complexity index is 454. The van der Waals surface area contributed by atoms with Crippen molar-refractivity contribution in [1.82, 2.24) is 10.2 Å². The van der Waals surface area contributed by atoms with E-state index < -0.39 is 0 Å². The van der Waals surface area contributed by atoms with E-state index in [0.717, 1.165) is 24.6 Å². The highest BCUT2D eigenvalue weighted by atomic mass is 35.5. The molecule has 1 fully saturated rings. The van der Waals surface area contributed by atoms with E-state index in [9.17, 15) is 0 Å². The second-order valence-electron chi connectivity index (χ2n) is 5.50. The predicted octanol–water partition coefficient (Wildman–Crippen LogP) is 2.62. The van der Waals surface area contributed by atoms with Crippen molar-refractivity contribution in [1.29, 1.82) is 0 Å². The number of benzene rings is 1. The normalized spacial score (nSPS) is 19.0. The van der Waals surface area contributed by atoms with Gasteiger partial charge in [0.25, 0.3) is 0 Å². The Balaban J connectivity index is 0.00000220. The van der Waals surface area contributed by atoms with Gasteiger partial charge in [-0.3, -0.25) is 4.90 Å². The molecular weight excluding hydrogens is 288 g/mol. The maximum atomic E-state index is 5.41. The molecule has 1 N–H and O–H groups in total. The summed E-state index contributed by atoms with van der Waals surface area (Å²) in [5, 5.41) is 3.39. The smallest absolute Gasteiger partial charge is 0.161 e. The number of hydrogen-bond donors (Lipinski definition) is 1. The minimum absolute atomic E-state index is 0. The van der Waals surface area contributed by atoms with Crippen molar-refractivity contribution in [2.75, 3.05) is 34.4 Å². The maximum absolute atomic E-state index is 5.41. The molecule has 0 spiro atoms. The van der Waals surface area contributed by atoms with Crippen molar-refractivity contribution < 1.29 is 9.47 Å². The monoisotopic (exact) mass is 314 g/mol. The van der Waals surface area contributed by atoms with E-state index >= 15 is 0 Å². The summed E-state index contributed by atoms with van der Waals surface area (Å²) < 4.78 is 10.8. The molecule has 2 rings (SSSR count). The molecular formula is C16H27ClN2O2. The van der Waals surface area contributed by atoms with E-state index in [4.69, 9.17) is 9.47 Å². The third kappa shape index (κ3) is 4.50. The highest BCUT2D eigenvalue weighted by Gasteiger charge is 2.19. The molecule has 0 saturated carbocycles. The van der Waals surface area contributed by atoms with Crippen molar-refractivity contribution >= 4 is 12.4 Å². The van der Waals surface area contributed by atoms with Crippen LogP contribution >= 0.6 is 12.4 Å². The zero-order chi connectivity index (χ0) is 14.5. The third-order valence-electron chi connectivity index (χ3n) is 4.15. The summed E-state index contributed by atoms with van der Waals surface area (Å²) in [5.41, 5.74) is 2.58. The van der Waals surface area contributed by atoms with E-state index in [1.54, 1.807) is 14.2 Å². The lowest BCUT2D eigenvalue weighted by Gasteiger charge is -2.33. The zero-order valence-electron chi connectivity index (χ0n) is 13.4. The van der Waals surface area contributed by atoms with Crippen LogP contribution in [0.25, 0.3) is 0 Å². The van der Waals surface area contributed by atoms with Gasteiger partial charge in [0.1, 0.15) is 0 Å². The van der Waals surface area contributed by atoms with Crippen LogP contribution in [0.3, 0.4) is 0 Å². The van der Waals surface area contributed by atoms with Gasteiger partial charge in [0.15, 0.2) is 11.5 Å². The molecule has 21 heavy (non-hydrogen) atoms. The molecule has 1 saturated heterocycles. The van der Waals surface area contributed by atoms with Crippen LogP contribution in [0.1, 0.15) is 24.0 Å². The number of nitrogens with one attached hydrogen (secondary N) is 1. The summed E-state index contributed by atoms with van der Waals surface area (Å²) in [6.07, 6.45) is 2.54. The molecule has 0 amide bonds. The van der Waals surface area contributed by atoms with Gasteiger partial charge in [-0.2, -0.15) is 0 Å². The lowest BCUT2D eigenvalue weighted by atomic mass is 10.0. The summed E-state index contributed by atoms with van der Waals surface area (Å²) in [4.78, 5) is 2.51. The van der Waals surface area contributed by atoms with E-state index in [2.05, 4.69) is 36.3 Å². The van der Waals surface area contributed by atoms with Crippen molar-refractivity contribution in [2.45, 2.75) is 32.4 Å². The SMILES string of the molecule is CNC1CCCN(Cc2cc(OC)c(OC)cc2C)C1.Cl. The van der Waals surface area contributed by atoms with Crippen LogP contribution in [0.4, 0.5) is 0 Å². The van der Waals surface area contributed by atoms with Gasteiger partial charge >= 0.3 is 0 Å². The summed E-state index contributed by atoms with van der Waals surface area (Å²) in [7, 11) is 5.42. The molecule has 0 radical (unpaired) electrons. The number of likely N-dealkylation sites (N-methyl/N-ethyl adjacent to an activating group) is 1. The van der Waals surface area contributed by atoms with E-state index in [0.29, 0.717) is 6.04 Å². The minimum Gasteiger partial charge on any atom is -0.493 e. The molecule has 0 aliphatic carbocycles. The van der Waals surface area contributed by atoms with Crippen LogP contribution < -0.4 is 14.8 Å². The average molecular weight is 315 g/mol. The average Bonchev–Trinajstić information content (AvgIpc) is 2.49. The Hall–Kier alpha value is -0.970. The van der Waals surface area contributed by atoms with Gasteiger partial charge in [-0.15, -0.1) is 12.4 Å². The predicted molar refractivity (Wildman–Crippen MR) is 88.9 cm³/mol. The highest BCUT2D eigenvalue weighted by molar-refractivity contribution is 5.85. The molecule has 1 aliphatic rings. The molecule has 120 valence electrons. The summed E-state index contributed by atoms with van der Waals surface area (Å²) >= 11 is 0. The molecule has 4 nitrogen and oxygen atoms in total. The number of ether oxygens (including phenoxy) is 2. The van der Waals surface area contributed by atoms with E-state index in [1.807, 2.05) is 0 Å². The topological polar surface area (TPSA) is 33.7 Å². The Kier molecular flexibility index (Phi) is 7.29. The number of hydrogen-bond acceptors (Lipinski definition) is 4. The van der Waals surface area contributed by atoms with Crippen LogP contribution in [0, 0.1) is 6.92 Å². The summed E-state index contributed by atoms with van der Waals surface area (Å²) in [6, 6.07) is 4.79.